The summed E-state index contributed by atoms with van der Waals surface area (Å²) in [6.45, 7) is 2.00. The fourth-order valence-electron chi connectivity index (χ4n) is 1.29. The van der Waals surface area contributed by atoms with E-state index in [1.54, 1.807) is 10.9 Å². The maximum atomic E-state index is 9.31. The van der Waals surface area contributed by atoms with Crippen LogP contribution < -0.4 is 0 Å². The molecule has 4 heteroatoms. The van der Waals surface area contributed by atoms with Gasteiger partial charge in [0.1, 0.15) is 0 Å². The molecule has 72 valence electrons. The molecule has 0 saturated heterocycles. The molecule has 1 N–H and O–H groups in total. The number of hydrogen-bond acceptors (Lipinski definition) is 2. The van der Waals surface area contributed by atoms with Gasteiger partial charge in [-0.2, -0.15) is 0 Å². The van der Waals surface area contributed by atoms with Crippen molar-refractivity contribution in [2.75, 3.05) is 0 Å². The van der Waals surface area contributed by atoms with Gasteiger partial charge in [-0.05, 0) is 34.5 Å². The van der Waals surface area contributed by atoms with Gasteiger partial charge < -0.3 is 5.11 Å². The van der Waals surface area contributed by atoms with Crippen LogP contribution in [0.15, 0.2) is 34.9 Å². The molecular weight excluding hydrogens is 244 g/mol. The molecule has 1 heterocycles. The summed E-state index contributed by atoms with van der Waals surface area (Å²) in [4.78, 5) is 0. The third-order valence-corrected chi connectivity index (χ3v) is 2.57. The van der Waals surface area contributed by atoms with Gasteiger partial charge in [-0.1, -0.05) is 18.2 Å². The van der Waals surface area contributed by atoms with Gasteiger partial charge in [0.25, 0.3) is 0 Å². The molecule has 0 aliphatic carbocycles. The Morgan fingerprint density at radius 3 is 2.64 bits per heavy atom. The van der Waals surface area contributed by atoms with E-state index in [4.69, 9.17) is 0 Å². The van der Waals surface area contributed by atoms with E-state index in [0.29, 0.717) is 4.47 Å². The Morgan fingerprint density at radius 1 is 1.36 bits per heavy atom. The fraction of sp³-hybridized carbons (Fsp3) is 0.100. The van der Waals surface area contributed by atoms with E-state index in [2.05, 4.69) is 21.0 Å². The second-order valence-corrected chi connectivity index (χ2v) is 3.89. The highest BCUT2D eigenvalue weighted by molar-refractivity contribution is 9.10. The molecular formula is C10H9BrN2O. The Hall–Kier alpha value is -1.29. The summed E-state index contributed by atoms with van der Waals surface area (Å²) in [6.07, 6.45) is 1.73. The quantitative estimate of drug-likeness (QED) is 0.848. The van der Waals surface area contributed by atoms with Crippen LogP contribution in [0.5, 0.6) is 5.88 Å². The van der Waals surface area contributed by atoms with Crippen LogP contribution in [0.2, 0.25) is 0 Å². The Morgan fingerprint density at radius 2 is 2.07 bits per heavy atom. The van der Waals surface area contributed by atoms with Crippen molar-refractivity contribution >= 4 is 15.9 Å². The van der Waals surface area contributed by atoms with Crippen molar-refractivity contribution in [3.63, 3.8) is 0 Å². The molecule has 2 rings (SSSR count). The Bertz CT molecular complexity index is 445. The van der Waals surface area contributed by atoms with Crippen molar-refractivity contribution in [3.05, 3.63) is 40.5 Å². The molecule has 0 unspecified atom stereocenters. The van der Waals surface area contributed by atoms with Crippen LogP contribution in [0.1, 0.15) is 5.56 Å². The van der Waals surface area contributed by atoms with Gasteiger partial charge in [-0.25, -0.2) is 4.68 Å². The maximum absolute atomic E-state index is 9.31. The normalized spacial score (nSPS) is 10.4. The zero-order chi connectivity index (χ0) is 10.1. The molecule has 1 aromatic carbocycles. The van der Waals surface area contributed by atoms with Crippen molar-refractivity contribution in [1.82, 2.24) is 9.78 Å². The highest BCUT2D eigenvalue weighted by atomic mass is 79.9. The first-order valence-corrected chi connectivity index (χ1v) is 4.98. The summed E-state index contributed by atoms with van der Waals surface area (Å²) in [6, 6.07) is 7.86. The summed E-state index contributed by atoms with van der Waals surface area (Å²) in [7, 11) is 0. The lowest BCUT2D eigenvalue weighted by Crippen LogP contribution is -1.96. The summed E-state index contributed by atoms with van der Waals surface area (Å²) >= 11 is 3.20. The van der Waals surface area contributed by atoms with E-state index in [1.165, 1.54) is 0 Å². The molecule has 0 amide bonds. The number of hydrogen-bond donors (Lipinski definition) is 1. The fourth-order valence-corrected chi connectivity index (χ4v) is 1.56. The van der Waals surface area contributed by atoms with Gasteiger partial charge in [0.15, 0.2) is 0 Å². The summed E-state index contributed by atoms with van der Waals surface area (Å²) < 4.78 is 2.25. The van der Waals surface area contributed by atoms with Crippen LogP contribution in [0, 0.1) is 6.92 Å². The number of benzene rings is 1. The lowest BCUT2D eigenvalue weighted by Gasteiger charge is -2.03. The Labute approximate surface area is 90.1 Å². The monoisotopic (exact) mass is 252 g/mol. The summed E-state index contributed by atoms with van der Waals surface area (Å²) in [5.41, 5.74) is 2.08. The number of aryl methyl sites for hydroxylation is 1. The van der Waals surface area contributed by atoms with Crippen LogP contribution in [-0.4, -0.2) is 14.9 Å². The van der Waals surface area contributed by atoms with Crippen LogP contribution >= 0.6 is 15.9 Å². The van der Waals surface area contributed by atoms with E-state index < -0.39 is 0 Å². The molecule has 0 radical (unpaired) electrons. The van der Waals surface area contributed by atoms with E-state index in [1.807, 2.05) is 31.2 Å². The first-order chi connectivity index (χ1) is 6.68. The number of para-hydroxylation sites is 1. The van der Waals surface area contributed by atoms with Crippen molar-refractivity contribution in [2.45, 2.75) is 6.92 Å². The molecule has 0 aliphatic heterocycles. The maximum Gasteiger partial charge on any atom is 0.245 e. The van der Waals surface area contributed by atoms with Gasteiger partial charge in [0, 0.05) is 6.20 Å². The predicted molar refractivity (Wildman–Crippen MR) is 57.7 cm³/mol. The van der Waals surface area contributed by atoms with Gasteiger partial charge >= 0.3 is 0 Å². The first-order valence-electron chi connectivity index (χ1n) is 4.18. The Balaban J connectivity index is 2.55. The smallest absolute Gasteiger partial charge is 0.245 e. The Kier molecular flexibility index (Phi) is 2.29. The predicted octanol–water partition coefficient (Wildman–Crippen LogP) is 2.65. The van der Waals surface area contributed by atoms with E-state index in [-0.39, 0.29) is 5.88 Å². The zero-order valence-corrected chi connectivity index (χ0v) is 9.19. The van der Waals surface area contributed by atoms with E-state index in [9.17, 15) is 5.11 Å². The highest BCUT2D eigenvalue weighted by Gasteiger charge is 2.06. The minimum absolute atomic E-state index is 0.00764. The van der Waals surface area contributed by atoms with Crippen molar-refractivity contribution in [2.24, 2.45) is 0 Å². The molecule has 0 aliphatic rings. The molecule has 0 saturated carbocycles. The lowest BCUT2D eigenvalue weighted by molar-refractivity contribution is 0.445. The number of aromatic hydroxyl groups is 1. The van der Waals surface area contributed by atoms with Gasteiger partial charge in [0.2, 0.25) is 5.88 Å². The second kappa shape index (κ2) is 3.46. The first kappa shape index (κ1) is 9.27. The van der Waals surface area contributed by atoms with Gasteiger partial charge in [-0.15, -0.1) is 5.10 Å². The van der Waals surface area contributed by atoms with E-state index in [0.717, 1.165) is 11.3 Å². The zero-order valence-electron chi connectivity index (χ0n) is 7.61. The molecule has 0 fully saturated rings. The third-order valence-electron chi connectivity index (χ3n) is 2.01. The number of halogens is 1. The van der Waals surface area contributed by atoms with Crippen LogP contribution in [-0.2, 0) is 0 Å². The van der Waals surface area contributed by atoms with Gasteiger partial charge in [-0.3, -0.25) is 0 Å². The second-order valence-electron chi connectivity index (χ2n) is 3.03. The average Bonchev–Trinajstić information content (AvgIpc) is 2.48. The number of aromatic nitrogens is 2. The topological polar surface area (TPSA) is 38.0 Å². The SMILES string of the molecule is Cc1ccccc1-n1cc(Br)c(O)n1. The number of nitrogens with zero attached hydrogens (tertiary/aromatic N) is 2. The minimum atomic E-state index is 0.00764. The lowest BCUT2D eigenvalue weighted by atomic mass is 10.2. The average molecular weight is 253 g/mol. The van der Waals surface area contributed by atoms with Crippen LogP contribution in [0.3, 0.4) is 0 Å². The minimum Gasteiger partial charge on any atom is -0.491 e. The van der Waals surface area contributed by atoms with Crippen LogP contribution in [0.4, 0.5) is 0 Å². The summed E-state index contributed by atoms with van der Waals surface area (Å²) in [5.74, 6) is 0.00764. The third kappa shape index (κ3) is 1.53. The summed E-state index contributed by atoms with van der Waals surface area (Å²) in [5, 5.41) is 13.3. The molecule has 3 nitrogen and oxygen atoms in total. The standard InChI is InChI=1S/C10H9BrN2O/c1-7-4-2-3-5-9(7)13-6-8(11)10(14)12-13/h2-6H,1H3,(H,12,14). The highest BCUT2D eigenvalue weighted by Crippen LogP contribution is 2.23. The van der Waals surface area contributed by atoms with Crippen molar-refractivity contribution in [3.8, 4) is 11.6 Å². The molecule has 0 bridgehead atoms. The van der Waals surface area contributed by atoms with Crippen molar-refractivity contribution in [1.29, 1.82) is 0 Å². The van der Waals surface area contributed by atoms with Gasteiger partial charge in [0.05, 0.1) is 10.2 Å². The van der Waals surface area contributed by atoms with E-state index >= 15 is 0 Å². The molecule has 1 aromatic heterocycles. The van der Waals surface area contributed by atoms with Crippen molar-refractivity contribution < 1.29 is 5.11 Å². The van der Waals surface area contributed by atoms with Crippen LogP contribution in [0.25, 0.3) is 5.69 Å². The number of rotatable bonds is 1. The molecule has 0 spiro atoms. The molecule has 0 atom stereocenters. The largest absolute Gasteiger partial charge is 0.491 e. The molecule has 14 heavy (non-hydrogen) atoms. The molecule has 2 aromatic rings.